The second kappa shape index (κ2) is 7.42. The molecule has 0 N–H and O–H groups in total. The molecule has 4 rings (SSSR count). The molecule has 1 aliphatic heterocycles. The zero-order chi connectivity index (χ0) is 18.6. The lowest BCUT2D eigenvalue weighted by Gasteiger charge is -2.18. The molecule has 0 atom stereocenters. The summed E-state index contributed by atoms with van der Waals surface area (Å²) in [5.74, 6) is 0.629. The topological polar surface area (TPSA) is 32.7 Å². The number of nitrogens with zero attached hydrogens (tertiary/aromatic N) is 2. The highest BCUT2D eigenvalue weighted by atomic mass is 16.2. The molecule has 132 valence electrons. The number of carbonyl (C=O) groups excluding carboxylic acids is 1. The molecule has 1 amide bonds. The van der Waals surface area contributed by atoms with Crippen LogP contribution in [-0.4, -0.2) is 16.6 Å². The average Bonchev–Trinajstić information content (AvgIpc) is 3.00. The number of amides is 1. The first kappa shape index (κ1) is 17.0. The largest absolute Gasteiger partial charge is 0.286 e. The van der Waals surface area contributed by atoms with E-state index in [2.05, 4.69) is 0 Å². The van der Waals surface area contributed by atoms with E-state index in [4.69, 9.17) is 4.99 Å². The van der Waals surface area contributed by atoms with Gasteiger partial charge in [0.25, 0.3) is 5.91 Å². The molecule has 0 spiro atoms. The number of hydrogen-bond acceptors (Lipinski definition) is 2. The van der Waals surface area contributed by atoms with Gasteiger partial charge in [0.15, 0.2) is 0 Å². The van der Waals surface area contributed by atoms with E-state index in [1.807, 2.05) is 97.9 Å². The fraction of sp³-hybridized carbons (Fsp3) is 0.0833. The van der Waals surface area contributed by atoms with Gasteiger partial charge < -0.3 is 0 Å². The second-order valence-electron chi connectivity index (χ2n) is 6.62. The molecular formula is C24H20N2O. The van der Waals surface area contributed by atoms with Crippen LogP contribution in [0.1, 0.15) is 22.3 Å². The maximum absolute atomic E-state index is 13.1. The van der Waals surface area contributed by atoms with Gasteiger partial charge in [0.1, 0.15) is 11.5 Å². The molecule has 1 heterocycles. The SMILES string of the molecule is Cc1ccc(C2=NC(=Cc3ccccc3)C(=O)N2Cc2ccccc2)cc1. The predicted molar refractivity (Wildman–Crippen MR) is 109 cm³/mol. The Kier molecular flexibility index (Phi) is 4.67. The predicted octanol–water partition coefficient (Wildman–Crippen LogP) is 4.83. The highest BCUT2D eigenvalue weighted by Gasteiger charge is 2.31. The third-order valence-corrected chi connectivity index (χ3v) is 4.54. The minimum absolute atomic E-state index is 0.0710. The lowest BCUT2D eigenvalue weighted by Crippen LogP contribution is -2.32. The van der Waals surface area contributed by atoms with Crippen LogP contribution in [0, 0.1) is 6.92 Å². The van der Waals surface area contributed by atoms with Crippen molar-refractivity contribution in [2.45, 2.75) is 13.5 Å². The van der Waals surface area contributed by atoms with Gasteiger partial charge in [0.05, 0.1) is 6.54 Å². The fourth-order valence-electron chi connectivity index (χ4n) is 3.09. The van der Waals surface area contributed by atoms with Gasteiger partial charge in [-0.05, 0) is 24.1 Å². The molecule has 3 heteroatoms. The van der Waals surface area contributed by atoms with E-state index >= 15 is 0 Å². The zero-order valence-electron chi connectivity index (χ0n) is 15.2. The smallest absolute Gasteiger partial charge is 0.278 e. The number of hydrogen-bond donors (Lipinski definition) is 0. The van der Waals surface area contributed by atoms with Crippen LogP contribution in [0.15, 0.2) is 95.6 Å². The molecule has 0 saturated heterocycles. The summed E-state index contributed by atoms with van der Waals surface area (Å²) in [5, 5.41) is 0. The number of benzene rings is 3. The van der Waals surface area contributed by atoms with Gasteiger partial charge in [-0.15, -0.1) is 0 Å². The molecule has 3 nitrogen and oxygen atoms in total. The van der Waals surface area contributed by atoms with Gasteiger partial charge in [-0.2, -0.15) is 0 Å². The number of rotatable bonds is 4. The summed E-state index contributed by atoms with van der Waals surface area (Å²) in [6.45, 7) is 2.55. The van der Waals surface area contributed by atoms with E-state index in [-0.39, 0.29) is 5.91 Å². The Balaban J connectivity index is 1.74. The van der Waals surface area contributed by atoms with Crippen molar-refractivity contribution in [2.75, 3.05) is 0 Å². The van der Waals surface area contributed by atoms with Gasteiger partial charge in [-0.25, -0.2) is 4.99 Å². The lowest BCUT2D eigenvalue weighted by molar-refractivity contribution is -0.123. The number of aryl methyl sites for hydroxylation is 1. The first-order chi connectivity index (χ1) is 13.2. The average molecular weight is 352 g/mol. The molecule has 0 unspecified atom stereocenters. The highest BCUT2D eigenvalue weighted by Crippen LogP contribution is 2.24. The third kappa shape index (κ3) is 3.72. The van der Waals surface area contributed by atoms with Crippen molar-refractivity contribution in [3.05, 3.63) is 113 Å². The fourth-order valence-corrected chi connectivity index (χ4v) is 3.09. The molecule has 0 aliphatic carbocycles. The Hall–Kier alpha value is -3.46. The molecule has 27 heavy (non-hydrogen) atoms. The standard InChI is InChI=1S/C24H20N2O/c1-18-12-14-21(15-13-18)23-25-22(16-19-8-4-2-5-9-19)24(27)26(23)17-20-10-6-3-7-11-20/h2-16H,17H2,1H3. The van der Waals surface area contributed by atoms with Gasteiger partial charge in [0.2, 0.25) is 0 Å². The summed E-state index contributed by atoms with van der Waals surface area (Å²) in [4.78, 5) is 19.6. The Bertz CT molecular complexity index is 1000. The molecule has 3 aromatic carbocycles. The lowest BCUT2D eigenvalue weighted by atomic mass is 10.1. The van der Waals surface area contributed by atoms with Gasteiger partial charge in [0, 0.05) is 5.56 Å². The van der Waals surface area contributed by atoms with Crippen LogP contribution in [0.5, 0.6) is 0 Å². The summed E-state index contributed by atoms with van der Waals surface area (Å²) in [6.07, 6.45) is 1.85. The van der Waals surface area contributed by atoms with E-state index in [1.165, 1.54) is 5.56 Å². The molecule has 3 aromatic rings. The van der Waals surface area contributed by atoms with Crippen LogP contribution >= 0.6 is 0 Å². The van der Waals surface area contributed by atoms with Gasteiger partial charge in [-0.1, -0.05) is 90.5 Å². The number of carbonyl (C=O) groups is 1. The van der Waals surface area contributed by atoms with Crippen LogP contribution in [0.3, 0.4) is 0 Å². The zero-order valence-corrected chi connectivity index (χ0v) is 15.2. The summed E-state index contributed by atoms with van der Waals surface area (Å²) >= 11 is 0. The van der Waals surface area contributed by atoms with Gasteiger partial charge >= 0.3 is 0 Å². The molecule has 0 saturated carbocycles. The van der Waals surface area contributed by atoms with E-state index < -0.39 is 0 Å². The first-order valence-corrected chi connectivity index (χ1v) is 8.99. The van der Waals surface area contributed by atoms with Crippen molar-refractivity contribution in [2.24, 2.45) is 4.99 Å². The van der Waals surface area contributed by atoms with Crippen LogP contribution in [0.25, 0.3) is 6.08 Å². The molecule has 1 aliphatic rings. The highest BCUT2D eigenvalue weighted by molar-refractivity contribution is 6.19. The molecule has 0 aromatic heterocycles. The first-order valence-electron chi connectivity index (χ1n) is 8.99. The van der Waals surface area contributed by atoms with Crippen LogP contribution in [-0.2, 0) is 11.3 Å². The normalized spacial score (nSPS) is 15.3. The summed E-state index contributed by atoms with van der Waals surface area (Å²) in [7, 11) is 0. The second-order valence-corrected chi connectivity index (χ2v) is 6.62. The van der Waals surface area contributed by atoms with Crippen molar-refractivity contribution in [1.82, 2.24) is 4.90 Å². The van der Waals surface area contributed by atoms with Crippen LogP contribution in [0.4, 0.5) is 0 Å². The Labute approximate surface area is 159 Å². The van der Waals surface area contributed by atoms with E-state index in [9.17, 15) is 4.79 Å². The maximum atomic E-state index is 13.1. The summed E-state index contributed by atoms with van der Waals surface area (Å²) < 4.78 is 0. The maximum Gasteiger partial charge on any atom is 0.278 e. The minimum Gasteiger partial charge on any atom is -0.286 e. The van der Waals surface area contributed by atoms with Crippen molar-refractivity contribution in [1.29, 1.82) is 0 Å². The number of amidine groups is 1. The van der Waals surface area contributed by atoms with E-state index in [0.717, 1.165) is 16.7 Å². The summed E-state index contributed by atoms with van der Waals surface area (Å²) in [6, 6.07) is 27.9. The quantitative estimate of drug-likeness (QED) is 0.619. The van der Waals surface area contributed by atoms with Crippen LogP contribution < -0.4 is 0 Å². The van der Waals surface area contributed by atoms with E-state index in [0.29, 0.717) is 18.1 Å². The van der Waals surface area contributed by atoms with Crippen molar-refractivity contribution >= 4 is 17.8 Å². The Morgan fingerprint density at radius 3 is 2.15 bits per heavy atom. The summed E-state index contributed by atoms with van der Waals surface area (Å²) in [5.41, 5.74) is 4.63. The van der Waals surface area contributed by atoms with Gasteiger partial charge in [-0.3, -0.25) is 9.69 Å². The van der Waals surface area contributed by atoms with E-state index in [1.54, 1.807) is 4.90 Å². The van der Waals surface area contributed by atoms with Crippen molar-refractivity contribution < 1.29 is 4.79 Å². The van der Waals surface area contributed by atoms with Crippen molar-refractivity contribution in [3.8, 4) is 0 Å². The van der Waals surface area contributed by atoms with Crippen LogP contribution in [0.2, 0.25) is 0 Å². The third-order valence-electron chi connectivity index (χ3n) is 4.54. The molecular weight excluding hydrogens is 332 g/mol. The molecule has 0 fully saturated rings. The molecule has 0 radical (unpaired) electrons. The minimum atomic E-state index is -0.0710. The Morgan fingerprint density at radius 2 is 1.48 bits per heavy atom. The Morgan fingerprint density at radius 1 is 0.852 bits per heavy atom. The molecule has 0 bridgehead atoms. The van der Waals surface area contributed by atoms with Crippen molar-refractivity contribution in [3.63, 3.8) is 0 Å². The number of aliphatic imine (C=N–C) groups is 1. The monoisotopic (exact) mass is 352 g/mol.